The first kappa shape index (κ1) is 13.3. The number of carbonyl (C=O) groups is 2. The van der Waals surface area contributed by atoms with E-state index in [-0.39, 0.29) is 30.2 Å². The maximum atomic E-state index is 12.1. The fourth-order valence-electron chi connectivity index (χ4n) is 2.07. The molecule has 1 fully saturated rings. The number of anilines is 1. The van der Waals surface area contributed by atoms with E-state index >= 15 is 0 Å². The van der Waals surface area contributed by atoms with Crippen LogP contribution in [0.4, 0.5) is 5.69 Å². The van der Waals surface area contributed by atoms with Crippen LogP contribution in [0.1, 0.15) is 19.4 Å². The number of hydrogen-bond donors (Lipinski definition) is 1. The molecule has 1 saturated heterocycles. The number of amides is 2. The first-order valence-corrected chi connectivity index (χ1v) is 6.23. The Morgan fingerprint density at radius 1 is 1.21 bits per heavy atom. The third-order valence-electron chi connectivity index (χ3n) is 3.41. The fourth-order valence-corrected chi connectivity index (χ4v) is 2.07. The molecule has 2 rings (SSSR count). The molecule has 1 heterocycles. The van der Waals surface area contributed by atoms with Crippen LogP contribution in [-0.2, 0) is 9.59 Å². The molecule has 2 atom stereocenters. The quantitative estimate of drug-likeness (QED) is 0.605. The summed E-state index contributed by atoms with van der Waals surface area (Å²) in [6.07, 6.45) is 0. The summed E-state index contributed by atoms with van der Waals surface area (Å²) in [7, 11) is 0. The van der Waals surface area contributed by atoms with Crippen molar-refractivity contribution in [3.8, 4) is 11.8 Å². The zero-order valence-corrected chi connectivity index (χ0v) is 11.0. The van der Waals surface area contributed by atoms with Gasteiger partial charge in [-0.3, -0.25) is 14.5 Å². The maximum Gasteiger partial charge on any atom is 0.237 e. The van der Waals surface area contributed by atoms with Gasteiger partial charge in [0.05, 0.1) is 12.2 Å². The van der Waals surface area contributed by atoms with Crippen LogP contribution in [0.3, 0.4) is 0 Å². The minimum absolute atomic E-state index is 0.151. The molecule has 2 amide bonds. The molecule has 0 radical (unpaired) electrons. The first-order valence-electron chi connectivity index (χ1n) is 6.23. The van der Waals surface area contributed by atoms with Gasteiger partial charge < -0.3 is 5.73 Å². The van der Waals surface area contributed by atoms with E-state index < -0.39 is 0 Å². The average Bonchev–Trinajstić information content (AvgIpc) is 2.61. The number of imide groups is 1. The van der Waals surface area contributed by atoms with E-state index in [9.17, 15) is 9.59 Å². The lowest BCUT2D eigenvalue weighted by Crippen LogP contribution is -2.30. The van der Waals surface area contributed by atoms with E-state index in [1.165, 1.54) is 4.90 Å². The number of nitrogens with zero attached hydrogens (tertiary/aromatic N) is 1. The molecular formula is C15H16N2O2. The lowest BCUT2D eigenvalue weighted by Gasteiger charge is -2.14. The number of hydrogen-bond acceptors (Lipinski definition) is 3. The Bertz CT molecular complexity index is 563. The third-order valence-corrected chi connectivity index (χ3v) is 3.41. The van der Waals surface area contributed by atoms with Gasteiger partial charge in [0.15, 0.2) is 0 Å². The van der Waals surface area contributed by atoms with Crippen molar-refractivity contribution < 1.29 is 9.59 Å². The summed E-state index contributed by atoms with van der Waals surface area (Å²) >= 11 is 0. The predicted octanol–water partition coefficient (Wildman–Crippen LogP) is 1.14. The van der Waals surface area contributed by atoms with Gasteiger partial charge in [0.25, 0.3) is 0 Å². The summed E-state index contributed by atoms with van der Waals surface area (Å²) in [6.45, 7) is 3.84. The summed E-state index contributed by atoms with van der Waals surface area (Å²) in [5.41, 5.74) is 6.65. The molecule has 1 aromatic rings. The van der Waals surface area contributed by atoms with Crippen molar-refractivity contribution in [2.24, 2.45) is 17.6 Å². The van der Waals surface area contributed by atoms with E-state index in [0.717, 1.165) is 5.56 Å². The third kappa shape index (κ3) is 2.38. The second-order valence-corrected chi connectivity index (χ2v) is 4.65. The second-order valence-electron chi connectivity index (χ2n) is 4.65. The van der Waals surface area contributed by atoms with Gasteiger partial charge in [0, 0.05) is 17.4 Å². The topological polar surface area (TPSA) is 63.4 Å². The smallest absolute Gasteiger partial charge is 0.237 e. The summed E-state index contributed by atoms with van der Waals surface area (Å²) in [6, 6.07) is 7.09. The van der Waals surface area contributed by atoms with Gasteiger partial charge in [-0.15, -0.1) is 0 Å². The highest BCUT2D eigenvalue weighted by atomic mass is 16.2. The van der Waals surface area contributed by atoms with E-state index in [4.69, 9.17) is 5.73 Å². The van der Waals surface area contributed by atoms with Crippen LogP contribution < -0.4 is 10.6 Å². The molecule has 0 aromatic heterocycles. The normalized spacial score (nSPS) is 22.4. The van der Waals surface area contributed by atoms with E-state index in [1.807, 2.05) is 6.07 Å². The molecular weight excluding hydrogens is 240 g/mol. The highest BCUT2D eigenvalue weighted by molar-refractivity contribution is 6.21. The number of carbonyl (C=O) groups excluding carboxylic acids is 2. The van der Waals surface area contributed by atoms with Gasteiger partial charge in [-0.1, -0.05) is 31.8 Å². The molecule has 1 aliphatic heterocycles. The second kappa shape index (κ2) is 5.25. The molecule has 0 spiro atoms. The molecule has 4 heteroatoms. The van der Waals surface area contributed by atoms with Gasteiger partial charge in [-0.2, -0.15) is 0 Å². The zero-order valence-electron chi connectivity index (χ0n) is 11.0. The van der Waals surface area contributed by atoms with Crippen molar-refractivity contribution in [2.75, 3.05) is 11.4 Å². The molecule has 98 valence electrons. The van der Waals surface area contributed by atoms with Crippen molar-refractivity contribution in [3.63, 3.8) is 0 Å². The Kier molecular flexibility index (Phi) is 3.68. The van der Waals surface area contributed by atoms with Crippen LogP contribution in [0.2, 0.25) is 0 Å². The Labute approximate surface area is 112 Å². The average molecular weight is 256 g/mol. The summed E-state index contributed by atoms with van der Waals surface area (Å²) in [5, 5.41) is 0. The van der Waals surface area contributed by atoms with Crippen molar-refractivity contribution in [3.05, 3.63) is 29.8 Å². The predicted molar refractivity (Wildman–Crippen MR) is 73.2 cm³/mol. The number of benzene rings is 1. The molecule has 2 unspecified atom stereocenters. The van der Waals surface area contributed by atoms with Gasteiger partial charge in [-0.25, -0.2) is 0 Å². The largest absolute Gasteiger partial charge is 0.320 e. The molecule has 4 nitrogen and oxygen atoms in total. The van der Waals surface area contributed by atoms with E-state index in [1.54, 1.807) is 32.0 Å². The van der Waals surface area contributed by atoms with Crippen molar-refractivity contribution >= 4 is 17.5 Å². The van der Waals surface area contributed by atoms with Gasteiger partial charge in [-0.05, 0) is 18.2 Å². The van der Waals surface area contributed by atoms with Crippen molar-refractivity contribution in [1.29, 1.82) is 0 Å². The summed E-state index contributed by atoms with van der Waals surface area (Å²) in [5.74, 6) is 4.80. The van der Waals surface area contributed by atoms with Crippen LogP contribution in [-0.4, -0.2) is 18.4 Å². The van der Waals surface area contributed by atoms with Crippen LogP contribution in [0, 0.1) is 23.7 Å². The van der Waals surface area contributed by atoms with Crippen LogP contribution in [0.5, 0.6) is 0 Å². The molecule has 19 heavy (non-hydrogen) atoms. The molecule has 0 aliphatic carbocycles. The van der Waals surface area contributed by atoms with Gasteiger partial charge in [0.1, 0.15) is 0 Å². The lowest BCUT2D eigenvalue weighted by molar-refractivity contribution is -0.122. The van der Waals surface area contributed by atoms with Crippen molar-refractivity contribution in [2.45, 2.75) is 13.8 Å². The Morgan fingerprint density at radius 2 is 1.84 bits per heavy atom. The highest BCUT2D eigenvalue weighted by Crippen LogP contribution is 2.30. The highest BCUT2D eigenvalue weighted by Gasteiger charge is 2.42. The fraction of sp³-hybridized carbons (Fsp3) is 0.333. The molecule has 2 N–H and O–H groups in total. The molecule has 1 aromatic carbocycles. The standard InChI is InChI=1S/C15H16N2O2/c1-10-11(2)15(19)17(14(10)18)13-7-3-5-12(9-13)6-4-8-16/h3,5,7,9-11H,8,16H2,1-2H3. The first-order chi connectivity index (χ1) is 9.06. The SMILES string of the molecule is CC1C(=O)N(c2cccc(C#CCN)c2)C(=O)C1C. The van der Waals surface area contributed by atoms with Gasteiger partial charge in [0.2, 0.25) is 11.8 Å². The minimum atomic E-state index is -0.272. The van der Waals surface area contributed by atoms with E-state index in [2.05, 4.69) is 11.8 Å². The Balaban J connectivity index is 2.37. The molecule has 1 aliphatic rings. The van der Waals surface area contributed by atoms with E-state index in [0.29, 0.717) is 5.69 Å². The maximum absolute atomic E-state index is 12.1. The number of rotatable bonds is 1. The lowest BCUT2D eigenvalue weighted by atomic mass is 10.00. The summed E-state index contributed by atoms with van der Waals surface area (Å²) in [4.78, 5) is 25.5. The van der Waals surface area contributed by atoms with Crippen LogP contribution >= 0.6 is 0 Å². The molecule has 0 saturated carbocycles. The number of nitrogens with two attached hydrogens (primary N) is 1. The Hall–Kier alpha value is -2.12. The monoisotopic (exact) mass is 256 g/mol. The zero-order chi connectivity index (χ0) is 14.0. The van der Waals surface area contributed by atoms with Crippen molar-refractivity contribution in [1.82, 2.24) is 0 Å². The summed E-state index contributed by atoms with van der Waals surface area (Å²) < 4.78 is 0. The van der Waals surface area contributed by atoms with Gasteiger partial charge >= 0.3 is 0 Å². The Morgan fingerprint density at radius 3 is 2.42 bits per heavy atom. The van der Waals surface area contributed by atoms with Crippen LogP contribution in [0.15, 0.2) is 24.3 Å². The molecule has 0 bridgehead atoms. The minimum Gasteiger partial charge on any atom is -0.320 e. The van der Waals surface area contributed by atoms with Crippen LogP contribution in [0.25, 0.3) is 0 Å².